The van der Waals surface area contributed by atoms with Gasteiger partial charge in [0, 0.05) is 11.0 Å². The third-order valence-electron chi connectivity index (χ3n) is 3.69. The van der Waals surface area contributed by atoms with Crippen molar-refractivity contribution in [1.29, 1.82) is 0 Å². The quantitative estimate of drug-likeness (QED) is 0.854. The molecule has 0 saturated carbocycles. The highest BCUT2D eigenvalue weighted by atomic mass is 32.2. The zero-order valence-corrected chi connectivity index (χ0v) is 13.7. The molecule has 0 aliphatic carbocycles. The monoisotopic (exact) mass is 316 g/mol. The molecule has 0 unspecified atom stereocenters. The summed E-state index contributed by atoms with van der Waals surface area (Å²) in [6.07, 6.45) is 2.94. The molecule has 0 bridgehead atoms. The van der Waals surface area contributed by atoms with Crippen molar-refractivity contribution in [3.8, 4) is 0 Å². The van der Waals surface area contributed by atoms with Gasteiger partial charge in [-0.25, -0.2) is 5.01 Å². The molecule has 0 aromatic heterocycles. The fraction of sp³-hybridized carbons (Fsp3) is 0.438. The molecule has 5 nitrogen and oxygen atoms in total. The average Bonchev–Trinajstić information content (AvgIpc) is 2.54. The lowest BCUT2D eigenvalue weighted by Crippen LogP contribution is -2.52. The number of carbonyl (C=O) groups is 1. The van der Waals surface area contributed by atoms with E-state index in [9.17, 15) is 4.79 Å². The van der Waals surface area contributed by atoms with Crippen molar-refractivity contribution in [3.63, 3.8) is 0 Å². The van der Waals surface area contributed by atoms with Gasteiger partial charge < -0.3 is 0 Å². The lowest BCUT2D eigenvalue weighted by molar-refractivity contribution is -0.116. The van der Waals surface area contributed by atoms with Gasteiger partial charge in [-0.3, -0.25) is 15.1 Å². The Hall–Kier alpha value is -1.82. The van der Waals surface area contributed by atoms with E-state index in [1.54, 1.807) is 16.8 Å². The van der Waals surface area contributed by atoms with Crippen LogP contribution in [0.1, 0.15) is 33.1 Å². The molecule has 2 aliphatic rings. The van der Waals surface area contributed by atoms with Crippen LogP contribution < -0.4 is 15.9 Å². The van der Waals surface area contributed by atoms with E-state index in [1.165, 1.54) is 0 Å². The summed E-state index contributed by atoms with van der Waals surface area (Å²) in [6, 6.07) is 7.75. The van der Waals surface area contributed by atoms with Crippen LogP contribution in [-0.4, -0.2) is 28.0 Å². The van der Waals surface area contributed by atoms with E-state index in [0.29, 0.717) is 10.9 Å². The van der Waals surface area contributed by atoms with Crippen molar-refractivity contribution in [2.45, 2.75) is 39.3 Å². The molecule has 1 atom stereocenters. The normalized spacial score (nSPS) is 19.8. The van der Waals surface area contributed by atoms with Crippen LogP contribution in [0.25, 0.3) is 5.70 Å². The molecule has 1 N–H and O–H groups in total. The highest BCUT2D eigenvalue weighted by Gasteiger charge is 2.32. The fourth-order valence-electron chi connectivity index (χ4n) is 2.54. The summed E-state index contributed by atoms with van der Waals surface area (Å²) >= 11 is 1.60. The SMILES string of the molecule is CCCCSC1=NN2C(=c3ccccc3=N[C@@H]2CC)C(=O)N1. The average molecular weight is 316 g/mol. The summed E-state index contributed by atoms with van der Waals surface area (Å²) < 4.78 is 0. The number of amidine groups is 1. The molecule has 6 heteroatoms. The highest BCUT2D eigenvalue weighted by molar-refractivity contribution is 8.13. The maximum absolute atomic E-state index is 12.6. The van der Waals surface area contributed by atoms with Gasteiger partial charge in [-0.05, 0) is 18.9 Å². The van der Waals surface area contributed by atoms with Crippen molar-refractivity contribution < 1.29 is 4.79 Å². The van der Waals surface area contributed by atoms with Crippen LogP contribution in [0.5, 0.6) is 0 Å². The molecule has 0 saturated heterocycles. The van der Waals surface area contributed by atoms with Crippen molar-refractivity contribution in [1.82, 2.24) is 10.3 Å². The van der Waals surface area contributed by atoms with E-state index >= 15 is 0 Å². The Bertz CT molecular complexity index is 728. The van der Waals surface area contributed by atoms with Gasteiger partial charge in [-0.15, -0.1) is 5.10 Å². The molecule has 1 amide bonds. The van der Waals surface area contributed by atoms with Gasteiger partial charge >= 0.3 is 0 Å². The van der Waals surface area contributed by atoms with E-state index in [1.807, 2.05) is 24.3 Å². The maximum atomic E-state index is 12.6. The number of thioether (sulfide) groups is 1. The number of nitrogens with one attached hydrogen (secondary N) is 1. The molecular formula is C16H20N4OS. The smallest absolute Gasteiger partial charge is 0.276 e. The number of para-hydroxylation sites is 1. The first-order chi connectivity index (χ1) is 10.7. The van der Waals surface area contributed by atoms with Crippen LogP contribution in [-0.2, 0) is 4.79 Å². The van der Waals surface area contributed by atoms with Gasteiger partial charge in [0.25, 0.3) is 5.91 Å². The minimum absolute atomic E-state index is 0.0881. The predicted octanol–water partition coefficient (Wildman–Crippen LogP) is 1.40. The van der Waals surface area contributed by atoms with Crippen LogP contribution >= 0.6 is 11.8 Å². The zero-order valence-electron chi connectivity index (χ0n) is 12.9. The Morgan fingerprint density at radius 2 is 2.14 bits per heavy atom. The molecule has 1 aromatic carbocycles. The number of rotatable bonds is 4. The lowest BCUT2D eigenvalue weighted by Gasteiger charge is -2.33. The van der Waals surface area contributed by atoms with E-state index in [2.05, 4.69) is 24.3 Å². The van der Waals surface area contributed by atoms with Crippen LogP contribution in [0.15, 0.2) is 34.4 Å². The van der Waals surface area contributed by atoms with Gasteiger partial charge in [0.05, 0.1) is 5.36 Å². The van der Waals surface area contributed by atoms with Crippen LogP contribution in [0.3, 0.4) is 0 Å². The molecule has 2 heterocycles. The number of unbranched alkanes of at least 4 members (excludes halogenated alkanes) is 1. The number of amides is 1. The first-order valence-corrected chi connectivity index (χ1v) is 8.72. The van der Waals surface area contributed by atoms with Crippen molar-refractivity contribution in [2.24, 2.45) is 10.1 Å². The number of hydrogen-bond donors (Lipinski definition) is 1. The van der Waals surface area contributed by atoms with Gasteiger partial charge in [-0.1, -0.05) is 50.2 Å². The number of fused-ring (bicyclic) bond motifs is 2. The standard InChI is InChI=1S/C16H20N4OS/c1-3-5-10-22-16-18-15(21)14-11-8-6-7-9-12(11)17-13(4-2)20(14)19-16/h6-9,13H,3-5,10H2,1-2H3,(H,18,19,21)/t13-/m0/s1. The minimum Gasteiger partial charge on any atom is -0.298 e. The second-order valence-corrected chi connectivity index (χ2v) is 6.37. The molecule has 22 heavy (non-hydrogen) atoms. The summed E-state index contributed by atoms with van der Waals surface area (Å²) in [4.78, 5) is 17.3. The van der Waals surface area contributed by atoms with Gasteiger partial charge in [0.1, 0.15) is 11.9 Å². The van der Waals surface area contributed by atoms with E-state index < -0.39 is 0 Å². The van der Waals surface area contributed by atoms with Crippen molar-refractivity contribution in [3.05, 3.63) is 34.8 Å². The summed E-state index contributed by atoms with van der Waals surface area (Å²) in [5.41, 5.74) is 0.609. The summed E-state index contributed by atoms with van der Waals surface area (Å²) in [5.74, 6) is 0.873. The Morgan fingerprint density at radius 3 is 2.91 bits per heavy atom. The molecular weight excluding hydrogens is 296 g/mol. The summed E-state index contributed by atoms with van der Waals surface area (Å²) in [7, 11) is 0. The van der Waals surface area contributed by atoms with Crippen molar-refractivity contribution >= 4 is 28.5 Å². The zero-order chi connectivity index (χ0) is 15.5. The van der Waals surface area contributed by atoms with E-state index in [4.69, 9.17) is 4.99 Å². The van der Waals surface area contributed by atoms with Crippen molar-refractivity contribution in [2.75, 3.05) is 5.75 Å². The highest BCUT2D eigenvalue weighted by Crippen LogP contribution is 2.22. The molecule has 0 fully saturated rings. The number of benzene rings is 1. The first-order valence-electron chi connectivity index (χ1n) is 7.73. The largest absolute Gasteiger partial charge is 0.298 e. The second kappa shape index (κ2) is 6.52. The molecule has 116 valence electrons. The second-order valence-electron chi connectivity index (χ2n) is 5.29. The van der Waals surface area contributed by atoms with E-state index in [-0.39, 0.29) is 12.1 Å². The molecule has 0 radical (unpaired) electrons. The Balaban J connectivity index is 2.03. The lowest BCUT2D eigenvalue weighted by atomic mass is 10.1. The maximum Gasteiger partial charge on any atom is 0.276 e. The third kappa shape index (κ3) is 2.75. The summed E-state index contributed by atoms with van der Waals surface area (Å²) in [5, 5.41) is 11.7. The Labute approximate surface area is 134 Å². The minimum atomic E-state index is -0.113. The van der Waals surface area contributed by atoms with Crippen LogP contribution in [0.4, 0.5) is 0 Å². The van der Waals surface area contributed by atoms with Crippen LogP contribution in [0.2, 0.25) is 0 Å². The molecule has 1 aromatic rings. The predicted molar refractivity (Wildman–Crippen MR) is 89.5 cm³/mol. The topological polar surface area (TPSA) is 57.1 Å². The first kappa shape index (κ1) is 15.1. The molecule has 3 rings (SSSR count). The van der Waals surface area contributed by atoms with Gasteiger partial charge in [0.15, 0.2) is 5.17 Å². The number of nitrogens with zero attached hydrogens (tertiary/aromatic N) is 3. The number of carbonyl (C=O) groups excluding carboxylic acids is 1. The Kier molecular flexibility index (Phi) is 4.47. The number of hydrogen-bond acceptors (Lipinski definition) is 5. The number of hydrazone groups is 1. The van der Waals surface area contributed by atoms with Crippen LogP contribution in [0, 0.1) is 0 Å². The Morgan fingerprint density at radius 1 is 1.32 bits per heavy atom. The molecule has 2 aliphatic heterocycles. The summed E-state index contributed by atoms with van der Waals surface area (Å²) in [6.45, 7) is 4.22. The third-order valence-corrected chi connectivity index (χ3v) is 4.64. The van der Waals surface area contributed by atoms with Gasteiger partial charge in [-0.2, -0.15) is 0 Å². The van der Waals surface area contributed by atoms with Gasteiger partial charge in [0.2, 0.25) is 0 Å². The molecule has 0 spiro atoms. The van der Waals surface area contributed by atoms with E-state index in [0.717, 1.165) is 35.6 Å². The fourth-order valence-corrected chi connectivity index (χ4v) is 3.48.